The molecule has 4 aromatic rings. The van der Waals surface area contributed by atoms with Gasteiger partial charge in [-0.1, -0.05) is 31.7 Å². The van der Waals surface area contributed by atoms with Crippen LogP contribution < -0.4 is 10.9 Å². The molecule has 3 aromatic heterocycles. The van der Waals surface area contributed by atoms with Gasteiger partial charge in [-0.3, -0.25) is 18.6 Å². The molecule has 1 N–H and O–H groups in total. The van der Waals surface area contributed by atoms with E-state index in [1.54, 1.807) is 4.57 Å². The van der Waals surface area contributed by atoms with Gasteiger partial charge in [-0.05, 0) is 54.5 Å². The van der Waals surface area contributed by atoms with Crippen LogP contribution in [0.4, 0.5) is 5.69 Å². The third-order valence-electron chi connectivity index (χ3n) is 4.85. The molecule has 0 radical (unpaired) electrons. The van der Waals surface area contributed by atoms with Crippen molar-refractivity contribution in [2.75, 3.05) is 11.1 Å². The summed E-state index contributed by atoms with van der Waals surface area (Å²) in [4.78, 5) is 25.4. The topological polar surface area (TPSA) is 81.3 Å². The van der Waals surface area contributed by atoms with Crippen LogP contribution in [0.25, 0.3) is 16.0 Å². The van der Waals surface area contributed by atoms with Gasteiger partial charge in [-0.2, -0.15) is 0 Å². The summed E-state index contributed by atoms with van der Waals surface area (Å²) in [6, 6.07) is 7.75. The smallest absolute Gasteiger partial charge is 0.272 e. The van der Waals surface area contributed by atoms with E-state index in [-0.39, 0.29) is 17.2 Å². The van der Waals surface area contributed by atoms with E-state index >= 15 is 0 Å². The number of hydrogen-bond acceptors (Lipinski definition) is 6. The number of carbonyl (C=O) groups excluding carboxylic acids is 1. The number of aromatic nitrogens is 4. The number of thioether (sulfide) groups is 1. The summed E-state index contributed by atoms with van der Waals surface area (Å²) >= 11 is 2.72. The number of benzene rings is 1. The van der Waals surface area contributed by atoms with E-state index in [0.717, 1.165) is 16.8 Å². The van der Waals surface area contributed by atoms with Crippen LogP contribution in [0.1, 0.15) is 25.0 Å². The maximum atomic E-state index is 12.9. The summed E-state index contributed by atoms with van der Waals surface area (Å²) in [5.41, 5.74) is 3.83. The largest absolute Gasteiger partial charge is 0.325 e. The van der Waals surface area contributed by atoms with E-state index in [2.05, 4.69) is 29.4 Å². The molecule has 0 saturated carbocycles. The molecule has 0 fully saturated rings. The fourth-order valence-corrected chi connectivity index (χ4v) is 4.83. The highest BCUT2D eigenvalue weighted by atomic mass is 32.2. The highest BCUT2D eigenvalue weighted by Crippen LogP contribution is 2.25. The van der Waals surface area contributed by atoms with E-state index in [0.29, 0.717) is 28.1 Å². The standard InChI is InChI=1S/C21H23N5O2S2/c1-12(2)10-25-19(28)18-16(7-8-29-18)26-20(25)23-24-21(26)30-11-17(27)22-15-6-5-13(3)14(4)9-15/h5-9,12H,10-11H2,1-4H3,(H,22,27). The van der Waals surface area contributed by atoms with E-state index in [1.807, 2.05) is 47.9 Å². The molecule has 1 amide bonds. The van der Waals surface area contributed by atoms with E-state index in [1.165, 1.54) is 28.7 Å². The Morgan fingerprint density at radius 2 is 2.00 bits per heavy atom. The van der Waals surface area contributed by atoms with Crippen molar-refractivity contribution in [1.29, 1.82) is 0 Å². The molecule has 4 rings (SSSR count). The summed E-state index contributed by atoms with van der Waals surface area (Å²) in [6.45, 7) is 8.74. The van der Waals surface area contributed by atoms with Crippen molar-refractivity contribution >= 4 is 50.7 Å². The summed E-state index contributed by atoms with van der Waals surface area (Å²) in [5.74, 6) is 0.886. The predicted octanol–water partition coefficient (Wildman–Crippen LogP) is 4.11. The highest BCUT2D eigenvalue weighted by molar-refractivity contribution is 7.99. The number of aryl methyl sites for hydroxylation is 2. The van der Waals surface area contributed by atoms with Crippen molar-refractivity contribution in [2.45, 2.75) is 39.4 Å². The molecule has 0 saturated heterocycles. The van der Waals surface area contributed by atoms with Crippen LogP contribution >= 0.6 is 23.1 Å². The molecule has 1 aromatic carbocycles. The van der Waals surface area contributed by atoms with Crippen LogP contribution in [0.15, 0.2) is 39.6 Å². The van der Waals surface area contributed by atoms with Crippen LogP contribution in [0.2, 0.25) is 0 Å². The Kier molecular flexibility index (Phi) is 5.66. The van der Waals surface area contributed by atoms with E-state index in [9.17, 15) is 9.59 Å². The van der Waals surface area contributed by atoms with Gasteiger partial charge in [0.15, 0.2) is 5.16 Å². The Morgan fingerprint density at radius 3 is 2.73 bits per heavy atom. The van der Waals surface area contributed by atoms with Crippen molar-refractivity contribution in [3.63, 3.8) is 0 Å². The van der Waals surface area contributed by atoms with E-state index < -0.39 is 0 Å². The van der Waals surface area contributed by atoms with Gasteiger partial charge in [0.1, 0.15) is 4.70 Å². The molecule has 0 aliphatic rings. The Balaban J connectivity index is 1.62. The highest BCUT2D eigenvalue weighted by Gasteiger charge is 2.19. The minimum Gasteiger partial charge on any atom is -0.325 e. The van der Waals surface area contributed by atoms with E-state index in [4.69, 9.17) is 0 Å². The van der Waals surface area contributed by atoms with Crippen molar-refractivity contribution < 1.29 is 4.79 Å². The van der Waals surface area contributed by atoms with Crippen LogP contribution in [0.5, 0.6) is 0 Å². The average Bonchev–Trinajstić information content (AvgIpc) is 3.33. The van der Waals surface area contributed by atoms with Gasteiger partial charge in [-0.25, -0.2) is 0 Å². The maximum Gasteiger partial charge on any atom is 0.272 e. The Morgan fingerprint density at radius 1 is 1.20 bits per heavy atom. The minimum atomic E-state index is -0.114. The zero-order chi connectivity index (χ0) is 21.4. The fourth-order valence-electron chi connectivity index (χ4n) is 3.27. The van der Waals surface area contributed by atoms with Gasteiger partial charge in [0.05, 0.1) is 11.3 Å². The van der Waals surface area contributed by atoms with Gasteiger partial charge >= 0.3 is 0 Å². The van der Waals surface area contributed by atoms with Gasteiger partial charge in [0, 0.05) is 12.2 Å². The molecule has 7 nitrogen and oxygen atoms in total. The number of hydrogen-bond donors (Lipinski definition) is 1. The van der Waals surface area contributed by atoms with Gasteiger partial charge in [0.2, 0.25) is 11.7 Å². The lowest BCUT2D eigenvalue weighted by Crippen LogP contribution is -2.24. The second-order valence-corrected chi connectivity index (χ2v) is 9.56. The first kappa shape index (κ1) is 20.6. The van der Waals surface area contributed by atoms with Crippen LogP contribution in [-0.2, 0) is 11.3 Å². The number of nitrogens with one attached hydrogen (secondary N) is 1. The molecule has 0 aliphatic heterocycles. The lowest BCUT2D eigenvalue weighted by molar-refractivity contribution is -0.113. The quantitative estimate of drug-likeness (QED) is 0.456. The monoisotopic (exact) mass is 441 g/mol. The van der Waals surface area contributed by atoms with Crippen molar-refractivity contribution in [3.8, 4) is 0 Å². The summed E-state index contributed by atoms with van der Waals surface area (Å²) in [5, 5.41) is 14.0. The lowest BCUT2D eigenvalue weighted by Gasteiger charge is -2.11. The predicted molar refractivity (Wildman–Crippen MR) is 123 cm³/mol. The zero-order valence-corrected chi connectivity index (χ0v) is 18.9. The maximum absolute atomic E-state index is 12.9. The molecule has 9 heteroatoms. The van der Waals surface area contributed by atoms with Crippen LogP contribution in [-0.4, -0.2) is 30.8 Å². The second-order valence-electron chi connectivity index (χ2n) is 7.70. The number of amides is 1. The molecule has 0 aliphatic carbocycles. The number of rotatable bonds is 6. The van der Waals surface area contributed by atoms with Crippen LogP contribution in [0.3, 0.4) is 0 Å². The third kappa shape index (κ3) is 3.87. The normalized spacial score (nSPS) is 11.6. The Bertz CT molecular complexity index is 1300. The van der Waals surface area contributed by atoms with Crippen molar-refractivity contribution in [3.05, 3.63) is 51.1 Å². The molecule has 0 spiro atoms. The molecule has 0 unspecified atom stereocenters. The molecule has 30 heavy (non-hydrogen) atoms. The molecule has 156 valence electrons. The number of anilines is 1. The van der Waals surface area contributed by atoms with Gasteiger partial charge in [-0.15, -0.1) is 21.5 Å². The second kappa shape index (κ2) is 8.23. The summed E-state index contributed by atoms with van der Waals surface area (Å²) in [7, 11) is 0. The third-order valence-corrected chi connectivity index (χ3v) is 6.67. The van der Waals surface area contributed by atoms with Crippen LogP contribution in [0, 0.1) is 19.8 Å². The number of thiophene rings is 1. The van der Waals surface area contributed by atoms with Gasteiger partial charge in [0.25, 0.3) is 5.56 Å². The zero-order valence-electron chi connectivity index (χ0n) is 17.3. The first-order chi connectivity index (χ1) is 14.3. The van der Waals surface area contributed by atoms with Crippen molar-refractivity contribution in [1.82, 2.24) is 19.2 Å². The molecule has 0 atom stereocenters. The lowest BCUT2D eigenvalue weighted by atomic mass is 10.1. The van der Waals surface area contributed by atoms with Gasteiger partial charge < -0.3 is 5.32 Å². The SMILES string of the molecule is Cc1ccc(NC(=O)CSc2nnc3n(CC(C)C)c(=O)c4sccc4n23)cc1C. The summed E-state index contributed by atoms with van der Waals surface area (Å²) in [6.07, 6.45) is 0. The fraction of sp³-hybridized carbons (Fsp3) is 0.333. The molecular weight excluding hydrogens is 418 g/mol. The van der Waals surface area contributed by atoms with Crippen molar-refractivity contribution in [2.24, 2.45) is 5.92 Å². The number of nitrogens with zero attached hydrogens (tertiary/aromatic N) is 4. The number of fused-ring (bicyclic) bond motifs is 3. The minimum absolute atomic E-state index is 0.0439. The molecule has 3 heterocycles. The summed E-state index contributed by atoms with van der Waals surface area (Å²) < 4.78 is 4.23. The Labute approximate surface area is 182 Å². The first-order valence-electron chi connectivity index (χ1n) is 9.70. The average molecular weight is 442 g/mol. The molecule has 0 bridgehead atoms. The Hall–Kier alpha value is -2.65. The first-order valence-corrected chi connectivity index (χ1v) is 11.6. The number of carbonyl (C=O) groups is 1. The molecular formula is C21H23N5O2S2.